The first-order valence-electron chi connectivity index (χ1n) is 7.17. The summed E-state index contributed by atoms with van der Waals surface area (Å²) in [6, 6.07) is 10.5. The fourth-order valence-electron chi connectivity index (χ4n) is 2.39. The van der Waals surface area contributed by atoms with Crippen molar-refractivity contribution >= 4 is 21.4 Å². The van der Waals surface area contributed by atoms with Crippen molar-refractivity contribution < 1.29 is 4.74 Å². The second kappa shape index (κ2) is 5.49. The zero-order valence-electron chi connectivity index (χ0n) is 12.8. The molecule has 2 nitrogen and oxygen atoms in total. The molecule has 0 atom stereocenters. The van der Waals surface area contributed by atoms with Gasteiger partial charge in [0.05, 0.1) is 0 Å². The third-order valence-electron chi connectivity index (χ3n) is 3.38. The van der Waals surface area contributed by atoms with Crippen molar-refractivity contribution in [1.82, 2.24) is 4.98 Å². The second-order valence-electron chi connectivity index (χ2n) is 5.79. The van der Waals surface area contributed by atoms with E-state index in [0.717, 1.165) is 5.75 Å². The molecule has 0 saturated carbocycles. The van der Waals surface area contributed by atoms with Crippen LogP contribution < -0.4 is 4.74 Å². The maximum atomic E-state index is 5.91. The Hall–Kier alpha value is -1.87. The Bertz CT molecular complexity index is 769. The summed E-state index contributed by atoms with van der Waals surface area (Å²) in [4.78, 5) is 5.80. The van der Waals surface area contributed by atoms with E-state index in [2.05, 4.69) is 44.8 Å². The number of pyridine rings is 1. The summed E-state index contributed by atoms with van der Waals surface area (Å²) in [5.74, 6) is 2.05. The standard InChI is InChI=1S/C18H19NOS/c1-11(2)16-8-14-10-19-18(9-17(14)21-16)20-15-6-12(3)5-13(4)7-15/h5-11H,1-4H3. The van der Waals surface area contributed by atoms with Gasteiger partial charge in [-0.2, -0.15) is 0 Å². The van der Waals surface area contributed by atoms with Gasteiger partial charge in [-0.3, -0.25) is 0 Å². The predicted octanol–water partition coefficient (Wildman–Crippen LogP) is 5.83. The number of fused-ring (bicyclic) bond motifs is 1. The molecule has 0 amide bonds. The molecule has 0 N–H and O–H groups in total. The Kier molecular flexibility index (Phi) is 3.68. The van der Waals surface area contributed by atoms with Crippen LogP contribution in [0.2, 0.25) is 0 Å². The highest BCUT2D eigenvalue weighted by Crippen LogP contribution is 2.33. The monoisotopic (exact) mass is 297 g/mol. The molecule has 0 fully saturated rings. The molecule has 0 aliphatic heterocycles. The van der Waals surface area contributed by atoms with Crippen LogP contribution >= 0.6 is 11.3 Å². The average molecular weight is 297 g/mol. The molecule has 0 aliphatic carbocycles. The highest BCUT2D eigenvalue weighted by molar-refractivity contribution is 7.19. The smallest absolute Gasteiger partial charge is 0.220 e. The highest BCUT2D eigenvalue weighted by atomic mass is 32.1. The lowest BCUT2D eigenvalue weighted by molar-refractivity contribution is 0.463. The molecule has 2 aromatic heterocycles. The van der Waals surface area contributed by atoms with Gasteiger partial charge in [-0.05, 0) is 49.1 Å². The van der Waals surface area contributed by atoms with Gasteiger partial charge in [-0.15, -0.1) is 11.3 Å². The number of aryl methyl sites for hydroxylation is 2. The van der Waals surface area contributed by atoms with Crippen LogP contribution in [0, 0.1) is 13.8 Å². The normalized spacial score (nSPS) is 11.3. The van der Waals surface area contributed by atoms with Gasteiger partial charge in [0.2, 0.25) is 5.88 Å². The Labute approximate surface area is 129 Å². The Morgan fingerprint density at radius 2 is 1.71 bits per heavy atom. The van der Waals surface area contributed by atoms with Crippen molar-refractivity contribution in [2.45, 2.75) is 33.6 Å². The molecule has 3 rings (SSSR count). The molecule has 0 unspecified atom stereocenters. The summed E-state index contributed by atoms with van der Waals surface area (Å²) in [5.41, 5.74) is 2.40. The van der Waals surface area contributed by atoms with Crippen LogP contribution in [0.1, 0.15) is 35.8 Å². The maximum absolute atomic E-state index is 5.91. The minimum atomic E-state index is 0.547. The lowest BCUT2D eigenvalue weighted by atomic mass is 10.1. The van der Waals surface area contributed by atoms with Crippen LogP contribution in [0.25, 0.3) is 10.1 Å². The molecular formula is C18H19NOS. The van der Waals surface area contributed by atoms with Crippen molar-refractivity contribution in [1.29, 1.82) is 0 Å². The molecule has 0 aliphatic rings. The zero-order valence-corrected chi connectivity index (χ0v) is 13.6. The van der Waals surface area contributed by atoms with Crippen LogP contribution in [-0.2, 0) is 0 Å². The van der Waals surface area contributed by atoms with E-state index in [1.54, 1.807) is 0 Å². The van der Waals surface area contributed by atoms with E-state index in [4.69, 9.17) is 4.74 Å². The van der Waals surface area contributed by atoms with E-state index >= 15 is 0 Å². The molecule has 3 heteroatoms. The van der Waals surface area contributed by atoms with E-state index < -0.39 is 0 Å². The van der Waals surface area contributed by atoms with Gasteiger partial charge in [-0.25, -0.2) is 4.98 Å². The van der Waals surface area contributed by atoms with Crippen LogP contribution in [0.5, 0.6) is 11.6 Å². The molecule has 1 aromatic carbocycles. The fourth-order valence-corrected chi connectivity index (χ4v) is 3.45. The van der Waals surface area contributed by atoms with Gasteiger partial charge in [0.15, 0.2) is 0 Å². The van der Waals surface area contributed by atoms with Gasteiger partial charge in [0, 0.05) is 27.2 Å². The molecule has 3 aromatic rings. The molecule has 0 saturated heterocycles. The largest absolute Gasteiger partial charge is 0.439 e. The summed E-state index contributed by atoms with van der Waals surface area (Å²) in [6.07, 6.45) is 1.90. The number of benzene rings is 1. The van der Waals surface area contributed by atoms with Crippen LogP contribution in [0.4, 0.5) is 0 Å². The van der Waals surface area contributed by atoms with Crippen molar-refractivity contribution in [3.63, 3.8) is 0 Å². The molecular weight excluding hydrogens is 278 g/mol. The lowest BCUT2D eigenvalue weighted by Gasteiger charge is -2.06. The van der Waals surface area contributed by atoms with Crippen LogP contribution in [0.3, 0.4) is 0 Å². The number of thiophene rings is 1. The first-order chi connectivity index (χ1) is 10.0. The van der Waals surface area contributed by atoms with Crippen molar-refractivity contribution in [3.05, 3.63) is 52.5 Å². The predicted molar refractivity (Wildman–Crippen MR) is 89.7 cm³/mol. The second-order valence-corrected chi connectivity index (χ2v) is 6.90. The van der Waals surface area contributed by atoms with Crippen molar-refractivity contribution in [3.8, 4) is 11.6 Å². The molecule has 108 valence electrons. The first kappa shape index (κ1) is 14.1. The van der Waals surface area contributed by atoms with Crippen molar-refractivity contribution in [2.75, 3.05) is 0 Å². The van der Waals surface area contributed by atoms with E-state index in [1.165, 1.54) is 26.1 Å². The number of hydrogen-bond donors (Lipinski definition) is 0. The fraction of sp³-hybridized carbons (Fsp3) is 0.278. The summed E-state index contributed by atoms with van der Waals surface area (Å²) < 4.78 is 7.14. The van der Waals surface area contributed by atoms with Crippen molar-refractivity contribution in [2.24, 2.45) is 0 Å². The average Bonchev–Trinajstić information content (AvgIpc) is 2.80. The van der Waals surface area contributed by atoms with E-state index in [1.807, 2.05) is 35.7 Å². The van der Waals surface area contributed by atoms with Gasteiger partial charge >= 0.3 is 0 Å². The van der Waals surface area contributed by atoms with Gasteiger partial charge in [-0.1, -0.05) is 19.9 Å². The van der Waals surface area contributed by atoms with Gasteiger partial charge < -0.3 is 4.74 Å². The number of hydrogen-bond acceptors (Lipinski definition) is 3. The van der Waals surface area contributed by atoms with Gasteiger partial charge in [0.1, 0.15) is 5.75 Å². The number of rotatable bonds is 3. The van der Waals surface area contributed by atoms with Crippen LogP contribution in [0.15, 0.2) is 36.5 Å². The highest BCUT2D eigenvalue weighted by Gasteiger charge is 2.08. The Morgan fingerprint density at radius 3 is 2.38 bits per heavy atom. The molecule has 2 heterocycles. The zero-order chi connectivity index (χ0) is 15.0. The Morgan fingerprint density at radius 1 is 1.00 bits per heavy atom. The molecule has 0 spiro atoms. The molecule has 21 heavy (non-hydrogen) atoms. The summed E-state index contributed by atoms with van der Waals surface area (Å²) in [5, 5.41) is 1.19. The van der Waals surface area contributed by atoms with E-state index in [0.29, 0.717) is 11.8 Å². The SMILES string of the molecule is Cc1cc(C)cc(Oc2cc3sc(C(C)C)cc3cn2)c1. The number of aromatic nitrogens is 1. The molecule has 0 radical (unpaired) electrons. The minimum Gasteiger partial charge on any atom is -0.439 e. The topological polar surface area (TPSA) is 22.1 Å². The minimum absolute atomic E-state index is 0.547. The lowest BCUT2D eigenvalue weighted by Crippen LogP contribution is -1.88. The van der Waals surface area contributed by atoms with E-state index in [-0.39, 0.29) is 0 Å². The maximum Gasteiger partial charge on any atom is 0.220 e. The van der Waals surface area contributed by atoms with E-state index in [9.17, 15) is 0 Å². The third-order valence-corrected chi connectivity index (χ3v) is 4.78. The summed E-state index contributed by atoms with van der Waals surface area (Å²) in [6.45, 7) is 8.57. The quantitative estimate of drug-likeness (QED) is 0.607. The number of nitrogens with zero attached hydrogens (tertiary/aromatic N) is 1. The summed E-state index contributed by atoms with van der Waals surface area (Å²) in [7, 11) is 0. The number of ether oxygens (including phenoxy) is 1. The molecule has 0 bridgehead atoms. The van der Waals surface area contributed by atoms with Crippen LogP contribution in [-0.4, -0.2) is 4.98 Å². The van der Waals surface area contributed by atoms with Gasteiger partial charge in [0.25, 0.3) is 0 Å². The summed E-state index contributed by atoms with van der Waals surface area (Å²) >= 11 is 1.82. The third kappa shape index (κ3) is 3.08. The Balaban J connectivity index is 1.93. The first-order valence-corrected chi connectivity index (χ1v) is 7.98.